The summed E-state index contributed by atoms with van der Waals surface area (Å²) in [5.74, 6) is -2.06. The molecule has 4 rings (SSSR count). The molecule has 2 unspecified atom stereocenters. The molecule has 1 amide bonds. The Morgan fingerprint density at radius 1 is 1.17 bits per heavy atom. The third-order valence-electron chi connectivity index (χ3n) is 6.03. The molecular formula is C23H25F5N4O3. The van der Waals surface area contributed by atoms with E-state index in [0.717, 1.165) is 6.07 Å². The number of anilines is 1. The summed E-state index contributed by atoms with van der Waals surface area (Å²) in [6, 6.07) is 2.75. The van der Waals surface area contributed by atoms with Crippen molar-refractivity contribution in [3.05, 3.63) is 52.2 Å². The number of rotatable bonds is 9. The first-order valence-electron chi connectivity index (χ1n) is 11.1. The van der Waals surface area contributed by atoms with E-state index in [2.05, 4.69) is 20.6 Å². The van der Waals surface area contributed by atoms with Gasteiger partial charge in [-0.1, -0.05) is 18.2 Å². The summed E-state index contributed by atoms with van der Waals surface area (Å²) in [4.78, 5) is 21.0. The van der Waals surface area contributed by atoms with Gasteiger partial charge in [-0.2, -0.15) is 0 Å². The predicted molar refractivity (Wildman–Crippen MR) is 115 cm³/mol. The highest BCUT2D eigenvalue weighted by molar-refractivity contribution is 5.83. The quantitative estimate of drug-likeness (QED) is 0.486. The smallest absolute Gasteiger partial charge is 0.266 e. The van der Waals surface area contributed by atoms with Crippen molar-refractivity contribution >= 4 is 11.7 Å². The molecule has 0 radical (unpaired) electrons. The number of benzene rings is 1. The van der Waals surface area contributed by atoms with Crippen LogP contribution in [0.2, 0.25) is 0 Å². The molecule has 2 atom stereocenters. The van der Waals surface area contributed by atoms with Gasteiger partial charge in [-0.05, 0) is 26.7 Å². The summed E-state index contributed by atoms with van der Waals surface area (Å²) in [5.41, 5.74) is -2.23. The molecule has 2 N–H and O–H groups in total. The number of aromatic nitrogens is 2. The second-order valence-electron chi connectivity index (χ2n) is 8.67. The molecule has 2 aliphatic rings. The number of hydrogen-bond acceptors (Lipinski definition) is 6. The molecule has 1 aliphatic heterocycles. The van der Waals surface area contributed by atoms with Gasteiger partial charge in [0.15, 0.2) is 6.29 Å². The Hall–Kier alpha value is -2.86. The van der Waals surface area contributed by atoms with Crippen molar-refractivity contribution in [3.63, 3.8) is 0 Å². The molecule has 2 fully saturated rings. The van der Waals surface area contributed by atoms with Crippen LogP contribution < -0.4 is 10.6 Å². The number of halogens is 5. The molecule has 2 heterocycles. The fourth-order valence-electron chi connectivity index (χ4n) is 3.91. The molecule has 1 aromatic carbocycles. The average molecular weight is 500 g/mol. The maximum Gasteiger partial charge on any atom is 0.266 e. The maximum absolute atomic E-state index is 15.5. The normalized spacial score (nSPS) is 19.0. The number of hydrogen-bond donors (Lipinski definition) is 2. The second-order valence-corrected chi connectivity index (χ2v) is 8.67. The minimum atomic E-state index is -3.00. The molecule has 0 spiro atoms. The molecule has 1 aliphatic carbocycles. The zero-order valence-corrected chi connectivity index (χ0v) is 19.1. The number of ether oxygens (including phenoxy) is 2. The van der Waals surface area contributed by atoms with E-state index in [-0.39, 0.29) is 41.7 Å². The number of amides is 1. The van der Waals surface area contributed by atoms with E-state index in [9.17, 15) is 22.4 Å². The molecular weight excluding hydrogens is 475 g/mol. The topological polar surface area (TPSA) is 85.4 Å². The Morgan fingerprint density at radius 3 is 2.43 bits per heavy atom. The first kappa shape index (κ1) is 25.2. The van der Waals surface area contributed by atoms with Gasteiger partial charge < -0.3 is 20.1 Å². The zero-order chi connectivity index (χ0) is 25.3. The van der Waals surface area contributed by atoms with Crippen molar-refractivity contribution in [2.75, 3.05) is 25.2 Å². The fourth-order valence-corrected chi connectivity index (χ4v) is 3.91. The summed E-state index contributed by atoms with van der Waals surface area (Å²) in [7, 11) is 0. The molecule has 1 saturated carbocycles. The lowest BCUT2D eigenvalue weighted by molar-refractivity contribution is -0.127. The maximum atomic E-state index is 15.5. The summed E-state index contributed by atoms with van der Waals surface area (Å²) in [6.07, 6.45) is -5.62. The van der Waals surface area contributed by atoms with Crippen molar-refractivity contribution in [1.82, 2.24) is 15.3 Å². The van der Waals surface area contributed by atoms with E-state index >= 15 is 4.39 Å². The van der Waals surface area contributed by atoms with E-state index in [0.29, 0.717) is 12.8 Å². The van der Waals surface area contributed by atoms with Crippen molar-refractivity contribution in [3.8, 4) is 0 Å². The number of nitrogens with zero attached hydrogens (tertiary/aromatic N) is 2. The van der Waals surface area contributed by atoms with E-state index in [1.807, 2.05) is 0 Å². The predicted octanol–water partition coefficient (Wildman–Crippen LogP) is 4.71. The van der Waals surface area contributed by atoms with Gasteiger partial charge in [-0.15, -0.1) is 0 Å². The van der Waals surface area contributed by atoms with Crippen LogP contribution in [-0.4, -0.2) is 41.3 Å². The molecule has 1 saturated heterocycles. The largest absolute Gasteiger partial charge is 0.363 e. The highest BCUT2D eigenvalue weighted by Gasteiger charge is 2.46. The van der Waals surface area contributed by atoms with Crippen LogP contribution in [0.5, 0.6) is 0 Å². The number of aryl methyl sites for hydroxylation is 1. The SMILES string of the molecule is Cc1nc(NC(C)c2cccc(C(F)F)c2F)c(C2OCCO2)c(C(F)C(=O)NC2(CF)CC2)n1. The lowest BCUT2D eigenvalue weighted by atomic mass is 10.0. The van der Waals surface area contributed by atoms with Crippen molar-refractivity contribution < 1.29 is 36.2 Å². The Morgan fingerprint density at radius 2 is 1.83 bits per heavy atom. The second kappa shape index (κ2) is 10.0. The third kappa shape index (κ3) is 5.22. The van der Waals surface area contributed by atoms with E-state index in [4.69, 9.17) is 9.47 Å². The van der Waals surface area contributed by atoms with Gasteiger partial charge in [0.05, 0.1) is 41.6 Å². The average Bonchev–Trinajstić information content (AvgIpc) is 3.38. The Bertz CT molecular complexity index is 1090. The van der Waals surface area contributed by atoms with E-state index < -0.39 is 54.4 Å². The first-order valence-corrected chi connectivity index (χ1v) is 11.1. The van der Waals surface area contributed by atoms with Crippen LogP contribution in [-0.2, 0) is 14.3 Å². The molecule has 7 nitrogen and oxygen atoms in total. The number of alkyl halides is 4. The number of carbonyl (C=O) groups excluding carboxylic acids is 1. The van der Waals surface area contributed by atoms with Crippen LogP contribution in [0.25, 0.3) is 0 Å². The van der Waals surface area contributed by atoms with E-state index in [1.165, 1.54) is 26.0 Å². The van der Waals surface area contributed by atoms with Gasteiger partial charge in [0, 0.05) is 5.56 Å². The van der Waals surface area contributed by atoms with Crippen LogP contribution in [0, 0.1) is 12.7 Å². The minimum Gasteiger partial charge on any atom is -0.363 e. The van der Waals surface area contributed by atoms with Gasteiger partial charge in [0.25, 0.3) is 12.3 Å². The standard InChI is InChI=1S/C23H25F5N4O3/c1-11(13-4-3-5-14(16(13)25)19(27)28)29-20-15(22-34-8-9-35-22)18(30-12(2)31-20)17(26)21(33)32-23(10-24)6-7-23/h3-5,11,17,19,22H,6-10H2,1-2H3,(H,32,33)(H,29,30,31). The number of carbonyl (C=O) groups is 1. The van der Waals surface area contributed by atoms with Crippen LogP contribution >= 0.6 is 0 Å². The lowest BCUT2D eigenvalue weighted by Crippen LogP contribution is -2.41. The highest BCUT2D eigenvalue weighted by atomic mass is 19.3. The van der Waals surface area contributed by atoms with Gasteiger partial charge in [0.1, 0.15) is 24.1 Å². The summed E-state index contributed by atoms with van der Waals surface area (Å²) in [6.45, 7) is 2.54. The third-order valence-corrected chi connectivity index (χ3v) is 6.03. The zero-order valence-electron chi connectivity index (χ0n) is 19.1. The van der Waals surface area contributed by atoms with Gasteiger partial charge in [0.2, 0.25) is 6.17 Å². The van der Waals surface area contributed by atoms with Gasteiger partial charge >= 0.3 is 0 Å². The van der Waals surface area contributed by atoms with Crippen LogP contribution in [0.15, 0.2) is 18.2 Å². The minimum absolute atomic E-state index is 0.00386. The number of nitrogens with one attached hydrogen (secondary N) is 2. The van der Waals surface area contributed by atoms with Crippen LogP contribution in [0.4, 0.5) is 27.8 Å². The lowest BCUT2D eigenvalue weighted by Gasteiger charge is -2.24. The molecule has 12 heteroatoms. The van der Waals surface area contributed by atoms with Gasteiger partial charge in [-0.3, -0.25) is 4.79 Å². The molecule has 1 aromatic heterocycles. The fraction of sp³-hybridized carbons (Fsp3) is 0.522. The summed E-state index contributed by atoms with van der Waals surface area (Å²) >= 11 is 0. The first-order chi connectivity index (χ1) is 16.7. The summed E-state index contributed by atoms with van der Waals surface area (Å²) < 4.78 is 80.8. The monoisotopic (exact) mass is 500 g/mol. The van der Waals surface area contributed by atoms with Gasteiger partial charge in [-0.25, -0.2) is 31.9 Å². The van der Waals surface area contributed by atoms with Crippen molar-refractivity contribution in [2.45, 2.75) is 57.2 Å². The van der Waals surface area contributed by atoms with E-state index in [1.54, 1.807) is 0 Å². The molecule has 35 heavy (non-hydrogen) atoms. The Labute approximate surface area is 198 Å². The highest BCUT2D eigenvalue weighted by Crippen LogP contribution is 2.39. The van der Waals surface area contributed by atoms with Crippen LogP contribution in [0.1, 0.15) is 72.9 Å². The van der Waals surface area contributed by atoms with Crippen molar-refractivity contribution in [1.29, 1.82) is 0 Å². The molecule has 0 bridgehead atoms. The van der Waals surface area contributed by atoms with Crippen molar-refractivity contribution in [2.24, 2.45) is 0 Å². The van der Waals surface area contributed by atoms with Crippen LogP contribution in [0.3, 0.4) is 0 Å². The molecule has 190 valence electrons. The Balaban J connectivity index is 1.70. The molecule has 2 aromatic rings. The Kier molecular flexibility index (Phi) is 7.22. The summed E-state index contributed by atoms with van der Waals surface area (Å²) in [5, 5.41) is 5.29.